The van der Waals surface area contributed by atoms with Gasteiger partial charge >= 0.3 is 0 Å². The van der Waals surface area contributed by atoms with Crippen molar-refractivity contribution in [2.75, 3.05) is 7.05 Å². The van der Waals surface area contributed by atoms with E-state index in [1.54, 1.807) is 11.9 Å². The molecule has 106 valence electrons. The van der Waals surface area contributed by atoms with Crippen LogP contribution in [-0.4, -0.2) is 38.7 Å². The standard InChI is InChI=1S/C13H23N5O/c1-3-4-6-10(14)13(19)17(2)9-12-16-15-11-7-5-8-18(11)12/h10H,3-9,14H2,1-2H3. The topological polar surface area (TPSA) is 77.0 Å². The van der Waals surface area contributed by atoms with Crippen LogP contribution in [0.25, 0.3) is 0 Å². The van der Waals surface area contributed by atoms with Crippen LogP contribution in [-0.2, 0) is 24.3 Å². The van der Waals surface area contributed by atoms with E-state index in [0.29, 0.717) is 6.54 Å². The number of nitrogens with two attached hydrogens (primary N) is 1. The Morgan fingerprint density at radius 2 is 2.32 bits per heavy atom. The van der Waals surface area contributed by atoms with Crippen LogP contribution in [0.15, 0.2) is 0 Å². The number of nitrogens with zero attached hydrogens (tertiary/aromatic N) is 4. The lowest BCUT2D eigenvalue weighted by Crippen LogP contribution is -2.41. The van der Waals surface area contributed by atoms with Gasteiger partial charge in [0, 0.05) is 20.0 Å². The van der Waals surface area contributed by atoms with Gasteiger partial charge in [0.1, 0.15) is 5.82 Å². The maximum absolute atomic E-state index is 12.1. The molecule has 2 heterocycles. The lowest BCUT2D eigenvalue weighted by atomic mass is 10.1. The van der Waals surface area contributed by atoms with Gasteiger partial charge in [0.25, 0.3) is 0 Å². The van der Waals surface area contributed by atoms with E-state index in [4.69, 9.17) is 5.73 Å². The maximum atomic E-state index is 12.1. The summed E-state index contributed by atoms with van der Waals surface area (Å²) in [7, 11) is 1.78. The molecule has 1 aliphatic rings. The molecule has 1 atom stereocenters. The second-order valence-electron chi connectivity index (χ2n) is 5.23. The van der Waals surface area contributed by atoms with Gasteiger partial charge in [-0.25, -0.2) is 0 Å². The fraction of sp³-hybridized carbons (Fsp3) is 0.769. The van der Waals surface area contributed by atoms with Crippen molar-refractivity contribution in [1.29, 1.82) is 0 Å². The van der Waals surface area contributed by atoms with Crippen molar-refractivity contribution >= 4 is 5.91 Å². The first-order valence-electron chi connectivity index (χ1n) is 7.05. The molecule has 0 bridgehead atoms. The average Bonchev–Trinajstić information content (AvgIpc) is 2.99. The first-order chi connectivity index (χ1) is 9.13. The van der Waals surface area contributed by atoms with Gasteiger partial charge in [-0.05, 0) is 12.8 Å². The highest BCUT2D eigenvalue weighted by Gasteiger charge is 2.22. The Labute approximate surface area is 114 Å². The smallest absolute Gasteiger partial charge is 0.239 e. The molecule has 1 unspecified atom stereocenters. The zero-order chi connectivity index (χ0) is 13.8. The summed E-state index contributed by atoms with van der Waals surface area (Å²) in [5.41, 5.74) is 5.91. The van der Waals surface area contributed by atoms with Crippen molar-refractivity contribution < 1.29 is 4.79 Å². The van der Waals surface area contributed by atoms with E-state index in [1.165, 1.54) is 0 Å². The fourth-order valence-corrected chi connectivity index (χ4v) is 2.45. The van der Waals surface area contributed by atoms with Crippen LogP contribution in [0, 0.1) is 0 Å². The molecule has 0 fully saturated rings. The van der Waals surface area contributed by atoms with E-state index in [9.17, 15) is 4.79 Å². The molecule has 1 aliphatic heterocycles. The fourth-order valence-electron chi connectivity index (χ4n) is 2.45. The molecule has 0 aromatic carbocycles. The second kappa shape index (κ2) is 6.14. The number of carbonyl (C=O) groups excluding carboxylic acids is 1. The summed E-state index contributed by atoms with van der Waals surface area (Å²) < 4.78 is 2.11. The van der Waals surface area contributed by atoms with Gasteiger partial charge in [0.2, 0.25) is 5.91 Å². The van der Waals surface area contributed by atoms with Gasteiger partial charge in [-0.15, -0.1) is 10.2 Å². The minimum atomic E-state index is -0.397. The molecule has 2 N–H and O–H groups in total. The Balaban J connectivity index is 1.93. The van der Waals surface area contributed by atoms with Crippen molar-refractivity contribution in [1.82, 2.24) is 19.7 Å². The van der Waals surface area contributed by atoms with Crippen molar-refractivity contribution in [3.8, 4) is 0 Å². The minimum absolute atomic E-state index is 0.0104. The Morgan fingerprint density at radius 1 is 1.53 bits per heavy atom. The van der Waals surface area contributed by atoms with Gasteiger partial charge in [-0.3, -0.25) is 4.79 Å². The average molecular weight is 265 g/mol. The number of hydrogen-bond donors (Lipinski definition) is 1. The van der Waals surface area contributed by atoms with E-state index in [0.717, 1.165) is 50.3 Å². The largest absolute Gasteiger partial charge is 0.337 e. The van der Waals surface area contributed by atoms with Gasteiger partial charge in [-0.2, -0.15) is 0 Å². The summed E-state index contributed by atoms with van der Waals surface area (Å²) in [4.78, 5) is 13.8. The van der Waals surface area contributed by atoms with Crippen molar-refractivity contribution in [3.05, 3.63) is 11.6 Å². The normalized spacial score (nSPS) is 15.3. The highest BCUT2D eigenvalue weighted by atomic mass is 16.2. The number of rotatable bonds is 6. The molecule has 6 heteroatoms. The minimum Gasteiger partial charge on any atom is -0.337 e. The van der Waals surface area contributed by atoms with Crippen LogP contribution in [0.1, 0.15) is 44.3 Å². The van der Waals surface area contributed by atoms with Crippen molar-refractivity contribution in [2.45, 2.75) is 58.2 Å². The molecule has 6 nitrogen and oxygen atoms in total. The van der Waals surface area contributed by atoms with Crippen LogP contribution in [0.5, 0.6) is 0 Å². The van der Waals surface area contributed by atoms with E-state index >= 15 is 0 Å². The number of hydrogen-bond acceptors (Lipinski definition) is 4. The summed E-state index contributed by atoms with van der Waals surface area (Å²) in [6.45, 7) is 3.55. The van der Waals surface area contributed by atoms with Crippen molar-refractivity contribution in [2.24, 2.45) is 5.73 Å². The molecule has 2 rings (SSSR count). The Morgan fingerprint density at radius 3 is 3.05 bits per heavy atom. The predicted molar refractivity (Wildman–Crippen MR) is 72.3 cm³/mol. The van der Waals surface area contributed by atoms with Crippen molar-refractivity contribution in [3.63, 3.8) is 0 Å². The lowest BCUT2D eigenvalue weighted by molar-refractivity contribution is -0.132. The molecule has 1 aromatic heterocycles. The molecule has 0 aliphatic carbocycles. The monoisotopic (exact) mass is 265 g/mol. The summed E-state index contributed by atoms with van der Waals surface area (Å²) in [5.74, 6) is 1.89. The third kappa shape index (κ3) is 3.12. The third-order valence-electron chi connectivity index (χ3n) is 3.63. The number of unbranched alkanes of at least 4 members (excludes halogenated alkanes) is 1. The van der Waals surface area contributed by atoms with Gasteiger partial charge in [0.05, 0.1) is 12.6 Å². The first kappa shape index (κ1) is 14.0. The number of amides is 1. The summed E-state index contributed by atoms with van der Waals surface area (Å²) >= 11 is 0. The van der Waals surface area contributed by atoms with Crippen LogP contribution in [0.2, 0.25) is 0 Å². The second-order valence-corrected chi connectivity index (χ2v) is 5.23. The van der Waals surface area contributed by atoms with Gasteiger partial charge in [-0.1, -0.05) is 19.8 Å². The zero-order valence-electron chi connectivity index (χ0n) is 11.8. The number of likely N-dealkylation sites (N-methyl/N-ethyl adjacent to an activating group) is 1. The molecule has 0 saturated heterocycles. The molecule has 0 radical (unpaired) electrons. The van der Waals surface area contributed by atoms with E-state index in [-0.39, 0.29) is 5.91 Å². The van der Waals surface area contributed by atoms with E-state index in [1.807, 2.05) is 0 Å². The third-order valence-corrected chi connectivity index (χ3v) is 3.63. The first-order valence-corrected chi connectivity index (χ1v) is 7.05. The van der Waals surface area contributed by atoms with E-state index < -0.39 is 6.04 Å². The quantitative estimate of drug-likeness (QED) is 0.821. The number of aromatic nitrogens is 3. The molecule has 1 amide bonds. The highest BCUT2D eigenvalue weighted by molar-refractivity contribution is 5.81. The highest BCUT2D eigenvalue weighted by Crippen LogP contribution is 2.15. The molecular weight excluding hydrogens is 242 g/mol. The summed E-state index contributed by atoms with van der Waals surface area (Å²) in [6, 6.07) is -0.397. The Kier molecular flexibility index (Phi) is 4.52. The van der Waals surface area contributed by atoms with Crippen LogP contribution in [0.4, 0.5) is 0 Å². The number of fused-ring (bicyclic) bond motifs is 1. The molecule has 0 spiro atoms. The zero-order valence-corrected chi connectivity index (χ0v) is 11.8. The molecule has 19 heavy (non-hydrogen) atoms. The number of aryl methyl sites for hydroxylation is 1. The molecule has 0 saturated carbocycles. The predicted octanol–water partition coefficient (Wildman–Crippen LogP) is 0.700. The maximum Gasteiger partial charge on any atom is 0.239 e. The van der Waals surface area contributed by atoms with Crippen LogP contribution < -0.4 is 5.73 Å². The van der Waals surface area contributed by atoms with Crippen LogP contribution >= 0.6 is 0 Å². The molecule has 1 aromatic rings. The summed E-state index contributed by atoms with van der Waals surface area (Å²) in [5, 5.41) is 8.31. The molecular formula is C13H23N5O. The lowest BCUT2D eigenvalue weighted by Gasteiger charge is -2.20. The van der Waals surface area contributed by atoms with E-state index in [2.05, 4.69) is 21.7 Å². The Hall–Kier alpha value is -1.43. The SMILES string of the molecule is CCCCC(N)C(=O)N(C)Cc1nnc2n1CCC2. The Bertz CT molecular complexity index is 442. The van der Waals surface area contributed by atoms with Gasteiger partial charge in [0.15, 0.2) is 5.82 Å². The van der Waals surface area contributed by atoms with Gasteiger partial charge < -0.3 is 15.2 Å². The number of carbonyl (C=O) groups is 1. The summed E-state index contributed by atoms with van der Waals surface area (Å²) in [6.07, 6.45) is 4.90. The van der Waals surface area contributed by atoms with Crippen LogP contribution in [0.3, 0.4) is 0 Å².